The molecule has 0 heterocycles. The van der Waals surface area contributed by atoms with Gasteiger partial charge >= 0.3 is 0 Å². The van der Waals surface area contributed by atoms with E-state index in [1.54, 1.807) is 0 Å². The summed E-state index contributed by atoms with van der Waals surface area (Å²) in [5, 5.41) is 14.5. The van der Waals surface area contributed by atoms with Crippen molar-refractivity contribution in [3.05, 3.63) is 29.8 Å². The van der Waals surface area contributed by atoms with Crippen LogP contribution < -0.4 is 15.7 Å². The van der Waals surface area contributed by atoms with Gasteiger partial charge in [-0.2, -0.15) is 0 Å². The molecule has 1 rings (SSSR count). The third-order valence-electron chi connectivity index (χ3n) is 2.65. The maximum Gasteiger partial charge on any atom is 0.230 e. The standard InChI is InChI=1S/C13H16F2N2O3/c1-2-5-16-11(13(19)20)7-12(18)17-10-4-3-8(14)6-9(10)15/h3-4,6,11,16H,2,5,7H2,1H3,(H,17,18)(H,19,20)/t11-/m0/s1. The molecule has 1 aromatic carbocycles. The highest BCUT2D eigenvalue weighted by Crippen LogP contribution is 2.15. The number of aliphatic carboxylic acids is 1. The van der Waals surface area contributed by atoms with Gasteiger partial charge in [0.2, 0.25) is 5.91 Å². The van der Waals surface area contributed by atoms with Gasteiger partial charge in [-0.05, 0) is 18.6 Å². The van der Waals surface area contributed by atoms with Gasteiger partial charge in [0.25, 0.3) is 0 Å². The number of carboxylic acid groups (broad SMARTS) is 1. The summed E-state index contributed by atoms with van der Waals surface area (Å²) in [6.07, 6.45) is 0.400. The number of hydrogen-bond acceptors (Lipinski definition) is 3. The van der Waals surface area contributed by atoms with Gasteiger partial charge in [0.15, 0.2) is 0 Å². The Labute approximate surface area is 115 Å². The zero-order valence-electron chi connectivity index (χ0n) is 11.0. The third kappa shape index (κ3) is 4.93. The normalized spacial score (nSPS) is 11.9. The average Bonchev–Trinajstić information content (AvgIpc) is 2.37. The zero-order valence-corrected chi connectivity index (χ0v) is 11.0. The van der Waals surface area contributed by atoms with Crippen molar-refractivity contribution in [3.8, 4) is 0 Å². The molecule has 0 fully saturated rings. The van der Waals surface area contributed by atoms with Crippen LogP contribution in [0.1, 0.15) is 19.8 Å². The minimum Gasteiger partial charge on any atom is -0.544 e. The summed E-state index contributed by atoms with van der Waals surface area (Å²) in [5.41, 5.74) is -0.191. The van der Waals surface area contributed by atoms with Crippen LogP contribution in [0.15, 0.2) is 18.2 Å². The van der Waals surface area contributed by atoms with Crippen molar-refractivity contribution in [2.45, 2.75) is 25.8 Å². The number of halogens is 2. The molecule has 0 aromatic heterocycles. The monoisotopic (exact) mass is 286 g/mol. The highest BCUT2D eigenvalue weighted by molar-refractivity contribution is 5.93. The molecule has 0 bridgehead atoms. The first-order valence-electron chi connectivity index (χ1n) is 6.23. The van der Waals surface area contributed by atoms with E-state index in [1.165, 1.54) is 5.32 Å². The van der Waals surface area contributed by atoms with E-state index in [-0.39, 0.29) is 12.1 Å². The van der Waals surface area contributed by atoms with Crippen LogP contribution in [0.3, 0.4) is 0 Å². The number of amides is 1. The van der Waals surface area contributed by atoms with Crippen molar-refractivity contribution in [3.63, 3.8) is 0 Å². The first-order chi connectivity index (χ1) is 9.43. The molecule has 20 heavy (non-hydrogen) atoms. The fourth-order valence-corrected chi connectivity index (χ4v) is 1.62. The Morgan fingerprint density at radius 3 is 2.65 bits per heavy atom. The topological polar surface area (TPSA) is 85.8 Å². The Balaban J connectivity index is 2.63. The SMILES string of the molecule is CCC[NH2+][C@@H](CC(=O)Nc1ccc(F)cc1F)C(=O)[O-]. The minimum atomic E-state index is -1.35. The molecule has 1 amide bonds. The lowest BCUT2D eigenvalue weighted by Gasteiger charge is -2.16. The largest absolute Gasteiger partial charge is 0.544 e. The van der Waals surface area contributed by atoms with E-state index < -0.39 is 29.6 Å². The fraction of sp³-hybridized carbons (Fsp3) is 0.385. The van der Waals surface area contributed by atoms with E-state index >= 15 is 0 Å². The van der Waals surface area contributed by atoms with E-state index in [0.29, 0.717) is 12.6 Å². The minimum absolute atomic E-state index is 0.191. The van der Waals surface area contributed by atoms with Gasteiger partial charge in [0.05, 0.1) is 24.6 Å². The van der Waals surface area contributed by atoms with Gasteiger partial charge in [0, 0.05) is 6.07 Å². The predicted molar refractivity (Wildman–Crippen MR) is 65.5 cm³/mol. The summed E-state index contributed by atoms with van der Waals surface area (Å²) in [5.74, 6) is -3.70. The van der Waals surface area contributed by atoms with Crippen molar-refractivity contribution in [1.29, 1.82) is 0 Å². The van der Waals surface area contributed by atoms with Crippen molar-refractivity contribution in [2.75, 3.05) is 11.9 Å². The number of benzene rings is 1. The highest BCUT2D eigenvalue weighted by atomic mass is 19.1. The molecule has 110 valence electrons. The van der Waals surface area contributed by atoms with E-state index in [0.717, 1.165) is 18.6 Å². The average molecular weight is 286 g/mol. The number of anilines is 1. The van der Waals surface area contributed by atoms with Gasteiger partial charge in [-0.15, -0.1) is 0 Å². The van der Waals surface area contributed by atoms with E-state index in [2.05, 4.69) is 5.32 Å². The summed E-state index contributed by atoms with van der Waals surface area (Å²) in [6.45, 7) is 2.41. The first-order valence-corrected chi connectivity index (χ1v) is 6.23. The number of carbonyl (C=O) groups is 2. The second kappa shape index (κ2) is 7.54. The zero-order chi connectivity index (χ0) is 15.1. The van der Waals surface area contributed by atoms with E-state index in [4.69, 9.17) is 0 Å². The molecular formula is C13H16F2N2O3. The molecule has 1 atom stereocenters. The van der Waals surface area contributed by atoms with Gasteiger partial charge in [-0.1, -0.05) is 6.92 Å². The van der Waals surface area contributed by atoms with Crippen molar-refractivity contribution >= 4 is 17.6 Å². The molecule has 0 radical (unpaired) electrons. The maximum atomic E-state index is 13.3. The smallest absolute Gasteiger partial charge is 0.230 e. The van der Waals surface area contributed by atoms with Crippen LogP contribution in [0, 0.1) is 11.6 Å². The molecule has 0 saturated carbocycles. The summed E-state index contributed by atoms with van der Waals surface area (Å²) < 4.78 is 26.0. The summed E-state index contributed by atoms with van der Waals surface area (Å²) in [6, 6.07) is 1.68. The number of carboxylic acids is 1. The number of nitrogens with two attached hydrogens (primary N) is 1. The van der Waals surface area contributed by atoms with Crippen molar-refractivity contribution < 1.29 is 28.8 Å². The van der Waals surface area contributed by atoms with Crippen LogP contribution in [0.25, 0.3) is 0 Å². The Bertz CT molecular complexity index is 495. The number of hydrogen-bond donors (Lipinski definition) is 2. The molecule has 1 aromatic rings. The number of carbonyl (C=O) groups excluding carboxylic acids is 2. The lowest BCUT2D eigenvalue weighted by Crippen LogP contribution is -2.93. The Morgan fingerprint density at radius 2 is 2.10 bits per heavy atom. The molecule has 0 saturated heterocycles. The summed E-state index contributed by atoms with van der Waals surface area (Å²) >= 11 is 0. The molecule has 0 aliphatic heterocycles. The van der Waals surface area contributed by atoms with Crippen LogP contribution in [-0.2, 0) is 9.59 Å². The predicted octanol–water partition coefficient (Wildman–Crippen LogP) is -0.615. The lowest BCUT2D eigenvalue weighted by atomic mass is 10.2. The van der Waals surface area contributed by atoms with Crippen molar-refractivity contribution in [2.24, 2.45) is 0 Å². The number of rotatable bonds is 7. The van der Waals surface area contributed by atoms with E-state index in [1.807, 2.05) is 6.92 Å². The molecule has 0 aliphatic carbocycles. The number of nitrogens with one attached hydrogen (secondary N) is 1. The molecule has 3 N–H and O–H groups in total. The molecular weight excluding hydrogens is 270 g/mol. The van der Waals surface area contributed by atoms with E-state index in [9.17, 15) is 23.5 Å². The number of quaternary nitrogens is 1. The molecule has 0 unspecified atom stereocenters. The summed E-state index contributed by atoms with van der Waals surface area (Å²) in [4.78, 5) is 22.5. The third-order valence-corrected chi connectivity index (χ3v) is 2.65. The Morgan fingerprint density at radius 1 is 1.40 bits per heavy atom. The molecule has 0 aliphatic rings. The maximum absolute atomic E-state index is 13.3. The van der Waals surface area contributed by atoms with Crippen LogP contribution >= 0.6 is 0 Å². The fourth-order valence-electron chi connectivity index (χ4n) is 1.62. The van der Waals surface area contributed by atoms with Crippen molar-refractivity contribution in [1.82, 2.24) is 0 Å². The summed E-state index contributed by atoms with van der Waals surface area (Å²) in [7, 11) is 0. The Kier molecular flexibility index (Phi) is 6.05. The van der Waals surface area contributed by atoms with Crippen LogP contribution in [0.4, 0.5) is 14.5 Å². The molecule has 5 nitrogen and oxygen atoms in total. The Hall–Kier alpha value is -2.02. The van der Waals surface area contributed by atoms with Crippen LogP contribution in [0.5, 0.6) is 0 Å². The van der Waals surface area contributed by atoms with Crippen LogP contribution in [0.2, 0.25) is 0 Å². The highest BCUT2D eigenvalue weighted by Gasteiger charge is 2.18. The molecule has 0 spiro atoms. The second-order valence-electron chi connectivity index (χ2n) is 4.33. The van der Waals surface area contributed by atoms with Gasteiger partial charge in [-0.3, -0.25) is 4.79 Å². The second-order valence-corrected chi connectivity index (χ2v) is 4.33. The van der Waals surface area contributed by atoms with Gasteiger partial charge in [-0.25, -0.2) is 8.78 Å². The molecule has 7 heteroatoms. The lowest BCUT2D eigenvalue weighted by molar-refractivity contribution is -0.682. The van der Waals surface area contributed by atoms with Gasteiger partial charge in [0.1, 0.15) is 17.7 Å². The van der Waals surface area contributed by atoms with Crippen LogP contribution in [-0.4, -0.2) is 24.5 Å². The van der Waals surface area contributed by atoms with Gasteiger partial charge < -0.3 is 20.5 Å². The first kappa shape index (κ1) is 16.0. The quantitative estimate of drug-likeness (QED) is 0.701.